The number of halogens is 2. The van der Waals surface area contributed by atoms with E-state index in [4.69, 9.17) is 11.6 Å². The normalized spacial score (nSPS) is 17.6. The van der Waals surface area contributed by atoms with Crippen LogP contribution in [0.3, 0.4) is 0 Å². The molecule has 0 aromatic heterocycles. The molecule has 2 rings (SSSR count). The van der Waals surface area contributed by atoms with Crippen molar-refractivity contribution in [3.05, 3.63) is 34.6 Å². The quantitative estimate of drug-likeness (QED) is 0.923. The van der Waals surface area contributed by atoms with Gasteiger partial charge < -0.3 is 5.32 Å². The van der Waals surface area contributed by atoms with Crippen molar-refractivity contribution in [1.82, 2.24) is 9.62 Å². The lowest BCUT2D eigenvalue weighted by Gasteiger charge is -2.30. The molecule has 112 valence electrons. The van der Waals surface area contributed by atoms with E-state index in [-0.39, 0.29) is 16.8 Å². The van der Waals surface area contributed by atoms with Crippen molar-refractivity contribution in [2.45, 2.75) is 24.6 Å². The summed E-state index contributed by atoms with van der Waals surface area (Å²) >= 11 is 5.68. The Morgan fingerprint density at radius 1 is 1.40 bits per heavy atom. The smallest absolute Gasteiger partial charge is 0.218 e. The third-order valence-electron chi connectivity index (χ3n) is 3.59. The van der Waals surface area contributed by atoms with Crippen molar-refractivity contribution >= 4 is 21.6 Å². The number of nitrogens with zero attached hydrogens (tertiary/aromatic N) is 1. The second-order valence-electron chi connectivity index (χ2n) is 5.00. The van der Waals surface area contributed by atoms with E-state index >= 15 is 0 Å². The van der Waals surface area contributed by atoms with Crippen molar-refractivity contribution in [2.24, 2.45) is 0 Å². The van der Waals surface area contributed by atoms with E-state index in [9.17, 15) is 12.8 Å². The van der Waals surface area contributed by atoms with Crippen molar-refractivity contribution in [1.29, 1.82) is 0 Å². The Kier molecular flexibility index (Phi) is 5.01. The zero-order valence-corrected chi connectivity index (χ0v) is 12.8. The largest absolute Gasteiger partial charge is 0.317 e. The maximum Gasteiger partial charge on any atom is 0.218 e. The fourth-order valence-corrected chi connectivity index (χ4v) is 4.01. The van der Waals surface area contributed by atoms with Gasteiger partial charge >= 0.3 is 0 Å². The fraction of sp³-hybridized carbons (Fsp3) is 0.538. The van der Waals surface area contributed by atoms with Crippen LogP contribution in [0, 0.1) is 5.82 Å². The second-order valence-corrected chi connectivity index (χ2v) is 7.44. The molecular formula is C13H18ClFN2O2S. The minimum atomic E-state index is -3.42. The topological polar surface area (TPSA) is 49.4 Å². The summed E-state index contributed by atoms with van der Waals surface area (Å²) < 4.78 is 39.2. The average molecular weight is 321 g/mol. The Morgan fingerprint density at radius 3 is 2.65 bits per heavy atom. The zero-order chi connectivity index (χ0) is 14.8. The Balaban J connectivity index is 2.11. The van der Waals surface area contributed by atoms with Gasteiger partial charge in [0.05, 0.1) is 10.8 Å². The maximum absolute atomic E-state index is 13.1. The molecule has 1 aromatic rings. The first kappa shape index (κ1) is 15.7. The number of nitrogens with one attached hydrogen (secondary N) is 1. The minimum absolute atomic E-state index is 0.0252. The molecule has 0 saturated carbocycles. The van der Waals surface area contributed by atoms with E-state index in [1.54, 1.807) is 7.05 Å². The SMILES string of the molecule is CN(C1CCNCC1)S(=O)(=O)Cc1ccc(F)c(Cl)c1. The number of sulfonamides is 1. The van der Waals surface area contributed by atoms with Gasteiger partial charge in [-0.2, -0.15) is 0 Å². The molecule has 1 saturated heterocycles. The Bertz CT molecular complexity index is 574. The first-order chi connectivity index (χ1) is 9.40. The van der Waals surface area contributed by atoms with Crippen molar-refractivity contribution in [2.75, 3.05) is 20.1 Å². The van der Waals surface area contributed by atoms with E-state index in [0.717, 1.165) is 25.9 Å². The molecule has 1 aromatic carbocycles. The molecule has 7 heteroatoms. The van der Waals surface area contributed by atoms with E-state index in [1.165, 1.54) is 22.5 Å². The van der Waals surface area contributed by atoms with E-state index in [2.05, 4.69) is 5.32 Å². The van der Waals surface area contributed by atoms with E-state index < -0.39 is 15.8 Å². The van der Waals surface area contributed by atoms with Crippen LogP contribution in [0.15, 0.2) is 18.2 Å². The van der Waals surface area contributed by atoms with Gasteiger partial charge in [-0.1, -0.05) is 17.7 Å². The summed E-state index contributed by atoms with van der Waals surface area (Å²) in [6, 6.07) is 4.04. The predicted molar refractivity (Wildman–Crippen MR) is 77.7 cm³/mol. The predicted octanol–water partition coefficient (Wildman–Crippen LogP) is 1.99. The van der Waals surface area contributed by atoms with Crippen LogP contribution < -0.4 is 5.32 Å². The van der Waals surface area contributed by atoms with Crippen LogP contribution in [0.1, 0.15) is 18.4 Å². The number of rotatable bonds is 4. The van der Waals surface area contributed by atoms with Gasteiger partial charge in [0.1, 0.15) is 5.82 Å². The Morgan fingerprint density at radius 2 is 2.05 bits per heavy atom. The fourth-order valence-electron chi connectivity index (χ4n) is 2.34. The van der Waals surface area contributed by atoms with Gasteiger partial charge in [-0.05, 0) is 43.6 Å². The van der Waals surface area contributed by atoms with Crippen LogP contribution in [-0.4, -0.2) is 38.9 Å². The van der Waals surface area contributed by atoms with Gasteiger partial charge in [0, 0.05) is 13.1 Å². The average Bonchev–Trinajstić information content (AvgIpc) is 2.43. The third-order valence-corrected chi connectivity index (χ3v) is 5.76. The van der Waals surface area contributed by atoms with Crippen LogP contribution in [-0.2, 0) is 15.8 Å². The minimum Gasteiger partial charge on any atom is -0.317 e. The zero-order valence-electron chi connectivity index (χ0n) is 11.3. The van der Waals surface area contributed by atoms with Crippen LogP contribution in [0.2, 0.25) is 5.02 Å². The summed E-state index contributed by atoms with van der Waals surface area (Å²) in [6.07, 6.45) is 1.61. The highest BCUT2D eigenvalue weighted by molar-refractivity contribution is 7.88. The summed E-state index contributed by atoms with van der Waals surface area (Å²) in [6.45, 7) is 1.65. The number of piperidine rings is 1. The molecule has 0 bridgehead atoms. The highest BCUT2D eigenvalue weighted by Gasteiger charge is 2.27. The monoisotopic (exact) mass is 320 g/mol. The molecule has 0 aliphatic carbocycles. The number of hydrogen-bond donors (Lipinski definition) is 1. The maximum atomic E-state index is 13.1. The van der Waals surface area contributed by atoms with Crippen LogP contribution in [0.25, 0.3) is 0 Å². The van der Waals surface area contributed by atoms with Crippen molar-refractivity contribution < 1.29 is 12.8 Å². The molecular weight excluding hydrogens is 303 g/mol. The third kappa shape index (κ3) is 3.69. The van der Waals surface area contributed by atoms with Gasteiger partial charge in [-0.3, -0.25) is 0 Å². The molecule has 1 fully saturated rings. The Labute approximate surface area is 124 Å². The molecule has 0 radical (unpaired) electrons. The van der Waals surface area contributed by atoms with Gasteiger partial charge in [0.25, 0.3) is 0 Å². The van der Waals surface area contributed by atoms with Crippen molar-refractivity contribution in [3.8, 4) is 0 Å². The lowest BCUT2D eigenvalue weighted by Crippen LogP contribution is -2.44. The molecule has 1 heterocycles. The van der Waals surface area contributed by atoms with Crippen molar-refractivity contribution in [3.63, 3.8) is 0 Å². The lowest BCUT2D eigenvalue weighted by atomic mass is 10.1. The molecule has 4 nitrogen and oxygen atoms in total. The molecule has 0 atom stereocenters. The van der Waals surface area contributed by atoms with Gasteiger partial charge in [-0.15, -0.1) is 0 Å². The van der Waals surface area contributed by atoms with Gasteiger partial charge in [0.15, 0.2) is 0 Å². The molecule has 1 aliphatic heterocycles. The number of hydrogen-bond acceptors (Lipinski definition) is 3. The second kappa shape index (κ2) is 6.39. The standard InChI is InChI=1S/C13H18ClFN2O2S/c1-17(11-4-6-16-7-5-11)20(18,19)9-10-2-3-13(15)12(14)8-10/h2-3,8,11,16H,4-7,9H2,1H3. The first-order valence-corrected chi connectivity index (χ1v) is 8.49. The molecule has 1 N–H and O–H groups in total. The highest BCUT2D eigenvalue weighted by Crippen LogP contribution is 2.21. The highest BCUT2D eigenvalue weighted by atomic mass is 35.5. The summed E-state index contributed by atoms with van der Waals surface area (Å²) in [4.78, 5) is 0. The summed E-state index contributed by atoms with van der Waals surface area (Å²) in [5, 5.41) is 3.15. The van der Waals surface area contributed by atoms with Crippen LogP contribution in [0.4, 0.5) is 4.39 Å². The van der Waals surface area contributed by atoms with Gasteiger partial charge in [0.2, 0.25) is 10.0 Å². The summed E-state index contributed by atoms with van der Waals surface area (Å²) in [7, 11) is -1.81. The van der Waals surface area contributed by atoms with E-state index in [1.807, 2.05) is 0 Å². The lowest BCUT2D eigenvalue weighted by molar-refractivity contribution is 0.296. The van der Waals surface area contributed by atoms with Crippen LogP contribution in [0.5, 0.6) is 0 Å². The summed E-state index contributed by atoms with van der Waals surface area (Å²) in [5.41, 5.74) is 0.497. The van der Waals surface area contributed by atoms with E-state index in [0.29, 0.717) is 5.56 Å². The molecule has 0 unspecified atom stereocenters. The molecule has 20 heavy (non-hydrogen) atoms. The molecule has 0 amide bonds. The summed E-state index contributed by atoms with van der Waals surface area (Å²) in [5.74, 6) is -0.701. The van der Waals surface area contributed by atoms with Gasteiger partial charge in [-0.25, -0.2) is 17.1 Å². The number of benzene rings is 1. The first-order valence-electron chi connectivity index (χ1n) is 6.50. The molecule has 0 spiro atoms. The van der Waals surface area contributed by atoms with Crippen LogP contribution >= 0.6 is 11.6 Å². The molecule has 1 aliphatic rings. The Hall–Kier alpha value is -0.690.